The maximum absolute atomic E-state index is 13.6. The molecule has 0 amide bonds. The minimum atomic E-state index is -2.44. The van der Waals surface area contributed by atoms with E-state index in [1.54, 1.807) is 0 Å². The molecule has 144 valence electrons. The van der Waals surface area contributed by atoms with E-state index < -0.39 is 63.5 Å². The molecule has 28 heavy (non-hydrogen) atoms. The van der Waals surface area contributed by atoms with E-state index in [1.807, 2.05) is 0 Å². The van der Waals surface area contributed by atoms with Gasteiger partial charge in [-0.05, 0) is 18.2 Å². The van der Waals surface area contributed by atoms with Crippen molar-refractivity contribution in [3.8, 4) is 5.75 Å². The number of ether oxygens (including phenoxy) is 1. The number of carbonyl (C=O) groups excluding carboxylic acids is 1. The number of fused-ring (bicyclic) bond motifs is 1. The summed E-state index contributed by atoms with van der Waals surface area (Å²) in [6, 6.07) is 4.04. The highest BCUT2D eigenvalue weighted by molar-refractivity contribution is 5.93. The van der Waals surface area contributed by atoms with Crippen molar-refractivity contribution < 1.29 is 45.8 Å². The number of esters is 1. The highest BCUT2D eigenvalue weighted by Crippen LogP contribution is 2.26. The summed E-state index contributed by atoms with van der Waals surface area (Å²) in [6.45, 7) is 0. The van der Waals surface area contributed by atoms with Crippen molar-refractivity contribution >= 4 is 22.9 Å². The lowest BCUT2D eigenvalue weighted by atomic mass is 10.1. The average Bonchev–Trinajstić information content (AvgIpc) is 2.64. The maximum Gasteiger partial charge on any atom is 0.351 e. The monoisotopic (exact) mass is 400 g/mol. The Hall–Kier alpha value is -3.76. The van der Waals surface area contributed by atoms with Crippen LogP contribution in [0, 0.1) is 29.1 Å². The van der Waals surface area contributed by atoms with Crippen molar-refractivity contribution in [3.63, 3.8) is 0 Å². The van der Waals surface area contributed by atoms with Crippen LogP contribution in [0.2, 0.25) is 0 Å². The fourth-order valence-corrected chi connectivity index (χ4v) is 2.25. The fraction of sp³-hybridized carbons (Fsp3) is 0. The Balaban J connectivity index is 2.02. The Morgan fingerprint density at radius 3 is 2.04 bits per heavy atom. The van der Waals surface area contributed by atoms with E-state index >= 15 is 0 Å². The van der Waals surface area contributed by atoms with Gasteiger partial charge in [0.15, 0.2) is 23.3 Å². The second kappa shape index (κ2) is 6.76. The Morgan fingerprint density at radius 1 is 0.893 bits per heavy atom. The third kappa shape index (κ3) is 3.06. The zero-order valence-electron chi connectivity index (χ0n) is 13.2. The number of carboxylic acid groups (broad SMARTS) is 1. The smallest absolute Gasteiger partial charge is 0.351 e. The average molecular weight is 400 g/mol. The molecule has 0 saturated heterocycles. The largest absolute Gasteiger partial charge is 0.477 e. The second-order valence-electron chi connectivity index (χ2n) is 5.29. The molecule has 0 aliphatic heterocycles. The summed E-state index contributed by atoms with van der Waals surface area (Å²) in [5.74, 6) is -15.7. The van der Waals surface area contributed by atoms with Gasteiger partial charge in [-0.15, -0.1) is 0 Å². The molecule has 3 rings (SSSR count). The number of carbonyl (C=O) groups is 2. The summed E-state index contributed by atoms with van der Waals surface area (Å²) < 4.78 is 76.0. The molecular formula is C17H5F5O6. The highest BCUT2D eigenvalue weighted by Gasteiger charge is 2.31. The molecular weight excluding hydrogens is 395 g/mol. The summed E-state index contributed by atoms with van der Waals surface area (Å²) >= 11 is 0. The lowest BCUT2D eigenvalue weighted by Gasteiger charge is -2.09. The van der Waals surface area contributed by atoms with Crippen LogP contribution in [-0.4, -0.2) is 17.0 Å². The Kier molecular flexibility index (Phi) is 4.59. The third-order valence-electron chi connectivity index (χ3n) is 3.56. The van der Waals surface area contributed by atoms with Gasteiger partial charge in [-0.3, -0.25) is 0 Å². The van der Waals surface area contributed by atoms with Crippen LogP contribution in [0.4, 0.5) is 22.0 Å². The predicted molar refractivity (Wildman–Crippen MR) is 80.6 cm³/mol. The summed E-state index contributed by atoms with van der Waals surface area (Å²) in [5.41, 5.74) is -3.95. The lowest BCUT2D eigenvalue weighted by Crippen LogP contribution is -2.17. The van der Waals surface area contributed by atoms with Gasteiger partial charge in [0.2, 0.25) is 5.82 Å². The first-order chi connectivity index (χ1) is 13.1. The number of halogens is 5. The molecule has 0 atom stereocenters. The quantitative estimate of drug-likeness (QED) is 0.181. The molecule has 0 spiro atoms. The molecule has 0 bridgehead atoms. The van der Waals surface area contributed by atoms with E-state index in [9.17, 15) is 36.3 Å². The molecule has 11 heteroatoms. The van der Waals surface area contributed by atoms with Crippen molar-refractivity contribution in [2.24, 2.45) is 0 Å². The molecule has 2 aromatic carbocycles. The van der Waals surface area contributed by atoms with Crippen molar-refractivity contribution in [2.75, 3.05) is 0 Å². The van der Waals surface area contributed by atoms with Crippen LogP contribution < -0.4 is 10.4 Å². The van der Waals surface area contributed by atoms with Gasteiger partial charge in [0, 0.05) is 11.5 Å². The zero-order chi connectivity index (χ0) is 20.7. The van der Waals surface area contributed by atoms with Crippen molar-refractivity contribution in [1.82, 2.24) is 0 Å². The molecule has 0 aliphatic rings. The Morgan fingerprint density at radius 2 is 1.46 bits per heavy atom. The van der Waals surface area contributed by atoms with Gasteiger partial charge in [0.1, 0.15) is 22.5 Å². The van der Waals surface area contributed by atoms with Crippen LogP contribution in [-0.2, 0) is 0 Å². The van der Waals surface area contributed by atoms with Gasteiger partial charge >= 0.3 is 17.6 Å². The highest BCUT2D eigenvalue weighted by atomic mass is 19.2. The van der Waals surface area contributed by atoms with E-state index in [1.165, 1.54) is 0 Å². The van der Waals surface area contributed by atoms with E-state index in [4.69, 9.17) is 9.52 Å². The van der Waals surface area contributed by atoms with Crippen LogP contribution in [0.5, 0.6) is 5.75 Å². The summed E-state index contributed by atoms with van der Waals surface area (Å²) in [6.07, 6.45) is 0. The number of hydrogen-bond acceptors (Lipinski definition) is 5. The summed E-state index contributed by atoms with van der Waals surface area (Å²) in [5, 5.41) is 8.96. The molecule has 6 nitrogen and oxygen atoms in total. The van der Waals surface area contributed by atoms with Gasteiger partial charge in [-0.25, -0.2) is 36.3 Å². The molecule has 0 saturated carbocycles. The minimum absolute atomic E-state index is 0.105. The topological polar surface area (TPSA) is 93.8 Å². The van der Waals surface area contributed by atoms with Gasteiger partial charge in [-0.2, -0.15) is 0 Å². The Labute approximate surface area is 150 Å². The SMILES string of the molecule is O=C(Oc1ccc2cc(C(=O)O)c(=O)oc2c1)c1c(F)c(F)c(F)c(F)c1F. The van der Waals surface area contributed by atoms with Crippen molar-refractivity contribution in [1.29, 1.82) is 0 Å². The standard InChI is InChI=1S/C17H5F5O6/c18-10-9(11(19)13(21)14(22)12(10)20)17(26)27-6-2-1-5-3-7(15(23)24)16(25)28-8(5)4-6/h1-4H,(H,23,24). The third-order valence-corrected chi connectivity index (χ3v) is 3.56. The number of hydrogen-bond donors (Lipinski definition) is 1. The number of benzene rings is 2. The number of rotatable bonds is 3. The number of carboxylic acids is 1. The maximum atomic E-state index is 13.6. The van der Waals surface area contributed by atoms with E-state index in [-0.39, 0.29) is 11.0 Å². The van der Waals surface area contributed by atoms with Crippen molar-refractivity contribution in [2.45, 2.75) is 0 Å². The van der Waals surface area contributed by atoms with Crippen LogP contribution >= 0.6 is 0 Å². The van der Waals surface area contributed by atoms with Crippen LogP contribution in [0.1, 0.15) is 20.7 Å². The van der Waals surface area contributed by atoms with Gasteiger partial charge in [0.05, 0.1) is 0 Å². The van der Waals surface area contributed by atoms with E-state index in [0.29, 0.717) is 0 Å². The molecule has 0 unspecified atom stereocenters. The van der Waals surface area contributed by atoms with Gasteiger partial charge in [0.25, 0.3) is 0 Å². The summed E-state index contributed by atoms with van der Waals surface area (Å²) in [7, 11) is 0. The van der Waals surface area contributed by atoms with Crippen LogP contribution in [0.3, 0.4) is 0 Å². The first-order valence-corrected chi connectivity index (χ1v) is 7.16. The molecule has 1 aromatic heterocycles. The Bertz CT molecular complexity index is 1190. The van der Waals surface area contributed by atoms with Crippen LogP contribution in [0.25, 0.3) is 11.0 Å². The minimum Gasteiger partial charge on any atom is -0.477 e. The van der Waals surface area contributed by atoms with E-state index in [0.717, 1.165) is 24.3 Å². The zero-order valence-corrected chi connectivity index (χ0v) is 13.2. The molecule has 0 aliphatic carbocycles. The first kappa shape index (κ1) is 19.0. The van der Waals surface area contributed by atoms with E-state index in [2.05, 4.69) is 4.74 Å². The second-order valence-corrected chi connectivity index (χ2v) is 5.29. The van der Waals surface area contributed by atoms with Crippen molar-refractivity contribution in [3.05, 3.63) is 74.9 Å². The molecule has 1 heterocycles. The van der Waals surface area contributed by atoms with Gasteiger partial charge < -0.3 is 14.3 Å². The summed E-state index contributed by atoms with van der Waals surface area (Å²) in [4.78, 5) is 34.3. The fourth-order valence-electron chi connectivity index (χ4n) is 2.25. The first-order valence-electron chi connectivity index (χ1n) is 7.16. The van der Waals surface area contributed by atoms with Gasteiger partial charge in [-0.1, -0.05) is 0 Å². The molecule has 1 N–H and O–H groups in total. The number of aromatic carboxylic acids is 1. The lowest BCUT2D eigenvalue weighted by molar-refractivity contribution is 0.0689. The molecule has 3 aromatic rings. The molecule has 0 radical (unpaired) electrons. The molecule has 0 fully saturated rings. The predicted octanol–water partition coefficient (Wildman–Crippen LogP) is 3.41. The van der Waals surface area contributed by atoms with Crippen LogP contribution in [0.15, 0.2) is 33.5 Å². The normalized spacial score (nSPS) is 10.9.